The fourth-order valence-corrected chi connectivity index (χ4v) is 3.90. The quantitative estimate of drug-likeness (QED) is 0.186. The van der Waals surface area contributed by atoms with Crippen LogP contribution in [0.5, 0.6) is 23.0 Å². The zero-order valence-corrected chi connectivity index (χ0v) is 21.7. The number of methoxy groups -OCH3 is 1. The number of aromatic hydroxyl groups is 1. The van der Waals surface area contributed by atoms with Crippen molar-refractivity contribution in [2.75, 3.05) is 13.7 Å². The van der Waals surface area contributed by atoms with Gasteiger partial charge in [0.1, 0.15) is 18.1 Å². The first-order valence-corrected chi connectivity index (χ1v) is 11.8. The van der Waals surface area contributed by atoms with Crippen molar-refractivity contribution >= 4 is 50.6 Å². The Balaban J connectivity index is 1.72. The van der Waals surface area contributed by atoms with Crippen LogP contribution in [-0.2, 0) is 6.61 Å². The molecule has 0 aliphatic rings. The number of phenols is 1. The fraction of sp³-hybridized carbons (Fsp3) is 0.167. The van der Waals surface area contributed by atoms with Crippen molar-refractivity contribution < 1.29 is 24.1 Å². The molecule has 7 nitrogen and oxygen atoms in total. The Kier molecular flexibility index (Phi) is 8.95. The summed E-state index contributed by atoms with van der Waals surface area (Å²) >= 11 is 5.61. The molecule has 0 aliphatic carbocycles. The molecular formula is C24H22BrIN2O5. The first-order valence-electron chi connectivity index (χ1n) is 9.95. The number of carbonyl (C=O) groups excluding carboxylic acids is 1. The highest BCUT2D eigenvalue weighted by Crippen LogP contribution is 2.34. The lowest BCUT2D eigenvalue weighted by atomic mass is 10.2. The number of amides is 1. The molecule has 0 saturated heterocycles. The van der Waals surface area contributed by atoms with Crippen LogP contribution < -0.4 is 19.6 Å². The summed E-state index contributed by atoms with van der Waals surface area (Å²) in [6.07, 6.45) is 1.50. The predicted octanol–water partition coefficient (Wildman–Crippen LogP) is 5.51. The average molecular weight is 625 g/mol. The maximum absolute atomic E-state index is 12.3. The Labute approximate surface area is 214 Å². The van der Waals surface area contributed by atoms with Crippen LogP contribution in [0.2, 0.25) is 0 Å². The van der Waals surface area contributed by atoms with E-state index in [2.05, 4.69) is 49.0 Å². The molecule has 0 spiro atoms. The predicted molar refractivity (Wildman–Crippen MR) is 139 cm³/mol. The van der Waals surface area contributed by atoms with Crippen LogP contribution in [0.3, 0.4) is 0 Å². The third-order valence-electron chi connectivity index (χ3n) is 4.46. The summed E-state index contributed by atoms with van der Waals surface area (Å²) in [5.41, 5.74) is 4.26. The maximum Gasteiger partial charge on any atom is 0.275 e. The SMILES string of the molecule is CCOc1cc(/C=N\NC(=O)c2ccc(OC)cc2O)cc(I)c1OCc1ccc(Br)cc1. The molecule has 3 aromatic rings. The maximum atomic E-state index is 12.3. The topological polar surface area (TPSA) is 89.4 Å². The van der Waals surface area contributed by atoms with E-state index in [-0.39, 0.29) is 11.3 Å². The number of carbonyl (C=O) groups is 1. The third-order valence-corrected chi connectivity index (χ3v) is 5.79. The zero-order valence-electron chi connectivity index (χ0n) is 18.0. The van der Waals surface area contributed by atoms with Crippen LogP contribution in [0.25, 0.3) is 0 Å². The molecule has 172 valence electrons. The molecule has 0 fully saturated rings. The summed E-state index contributed by atoms with van der Waals surface area (Å²) in [6.45, 7) is 2.77. The number of benzene rings is 3. The molecular weight excluding hydrogens is 603 g/mol. The van der Waals surface area contributed by atoms with Crippen LogP contribution in [0.4, 0.5) is 0 Å². The van der Waals surface area contributed by atoms with Gasteiger partial charge in [-0.1, -0.05) is 28.1 Å². The van der Waals surface area contributed by atoms with E-state index in [0.29, 0.717) is 30.5 Å². The molecule has 0 heterocycles. The zero-order chi connectivity index (χ0) is 23.8. The highest BCUT2D eigenvalue weighted by atomic mass is 127. The Morgan fingerprint density at radius 3 is 2.58 bits per heavy atom. The van der Waals surface area contributed by atoms with Gasteiger partial charge in [-0.2, -0.15) is 5.10 Å². The molecule has 2 N–H and O–H groups in total. The average Bonchev–Trinajstić information content (AvgIpc) is 2.79. The van der Waals surface area contributed by atoms with Gasteiger partial charge in [-0.05, 0) is 77.0 Å². The molecule has 0 unspecified atom stereocenters. The van der Waals surface area contributed by atoms with Crippen molar-refractivity contribution in [3.63, 3.8) is 0 Å². The number of nitrogens with zero attached hydrogens (tertiary/aromatic N) is 1. The Morgan fingerprint density at radius 1 is 1.15 bits per heavy atom. The number of hydrogen-bond acceptors (Lipinski definition) is 6. The van der Waals surface area contributed by atoms with E-state index in [1.165, 1.54) is 25.5 Å². The molecule has 0 radical (unpaired) electrons. The summed E-state index contributed by atoms with van der Waals surface area (Å²) in [4.78, 5) is 12.3. The van der Waals surface area contributed by atoms with Gasteiger partial charge in [0.25, 0.3) is 5.91 Å². The van der Waals surface area contributed by atoms with E-state index in [4.69, 9.17) is 14.2 Å². The minimum Gasteiger partial charge on any atom is -0.507 e. The largest absolute Gasteiger partial charge is 0.507 e. The minimum atomic E-state index is -0.541. The van der Waals surface area contributed by atoms with Gasteiger partial charge in [-0.3, -0.25) is 4.79 Å². The van der Waals surface area contributed by atoms with Crippen LogP contribution >= 0.6 is 38.5 Å². The van der Waals surface area contributed by atoms with Gasteiger partial charge in [-0.15, -0.1) is 0 Å². The van der Waals surface area contributed by atoms with Gasteiger partial charge in [-0.25, -0.2) is 5.43 Å². The molecule has 0 saturated carbocycles. The number of hydrazone groups is 1. The summed E-state index contributed by atoms with van der Waals surface area (Å²) < 4.78 is 18.7. The van der Waals surface area contributed by atoms with Crippen LogP contribution in [0, 0.1) is 3.57 Å². The molecule has 3 aromatic carbocycles. The minimum absolute atomic E-state index is 0.0919. The van der Waals surface area contributed by atoms with Crippen molar-refractivity contribution in [1.82, 2.24) is 5.43 Å². The van der Waals surface area contributed by atoms with Gasteiger partial charge in [0.15, 0.2) is 11.5 Å². The first-order chi connectivity index (χ1) is 15.9. The summed E-state index contributed by atoms with van der Waals surface area (Å²) in [5.74, 6) is 0.947. The number of nitrogens with one attached hydrogen (secondary N) is 1. The number of phenolic OH excluding ortho intramolecular Hbond substituents is 1. The fourth-order valence-electron chi connectivity index (χ4n) is 2.86. The molecule has 0 aliphatic heterocycles. The van der Waals surface area contributed by atoms with Crippen molar-refractivity contribution in [3.8, 4) is 23.0 Å². The van der Waals surface area contributed by atoms with Crippen molar-refractivity contribution in [2.45, 2.75) is 13.5 Å². The lowest BCUT2D eigenvalue weighted by Gasteiger charge is -2.15. The van der Waals surface area contributed by atoms with Gasteiger partial charge in [0, 0.05) is 10.5 Å². The second kappa shape index (κ2) is 11.9. The Hall–Kier alpha value is -2.79. The summed E-state index contributed by atoms with van der Waals surface area (Å²) in [6, 6.07) is 16.0. The Bertz CT molecular complexity index is 1150. The lowest BCUT2D eigenvalue weighted by molar-refractivity contribution is 0.0952. The number of ether oxygens (including phenoxy) is 3. The van der Waals surface area contributed by atoms with Crippen LogP contribution in [-0.4, -0.2) is 30.9 Å². The molecule has 0 bridgehead atoms. The highest BCUT2D eigenvalue weighted by Gasteiger charge is 2.13. The van der Waals surface area contributed by atoms with Crippen LogP contribution in [0.1, 0.15) is 28.4 Å². The smallest absolute Gasteiger partial charge is 0.275 e. The highest BCUT2D eigenvalue weighted by molar-refractivity contribution is 14.1. The number of hydrogen-bond donors (Lipinski definition) is 2. The van der Waals surface area contributed by atoms with E-state index in [1.54, 1.807) is 12.1 Å². The molecule has 3 rings (SSSR count). The lowest BCUT2D eigenvalue weighted by Crippen LogP contribution is -2.17. The van der Waals surface area contributed by atoms with Crippen LogP contribution in [0.15, 0.2) is 64.2 Å². The number of rotatable bonds is 9. The second-order valence-electron chi connectivity index (χ2n) is 6.76. The second-order valence-corrected chi connectivity index (χ2v) is 8.84. The standard InChI is InChI=1S/C24H22BrIN2O5/c1-3-32-22-11-16(10-20(26)23(22)33-14-15-4-6-17(25)7-5-15)13-27-28-24(30)19-9-8-18(31-2)12-21(19)29/h4-13,29H,3,14H2,1-2H3,(H,28,30)/b27-13-. The van der Waals surface area contributed by atoms with Crippen molar-refractivity contribution in [2.24, 2.45) is 5.10 Å². The summed E-state index contributed by atoms with van der Waals surface area (Å²) in [5, 5.41) is 14.0. The molecule has 0 aromatic heterocycles. The summed E-state index contributed by atoms with van der Waals surface area (Å²) in [7, 11) is 1.48. The van der Waals surface area contributed by atoms with E-state index >= 15 is 0 Å². The van der Waals surface area contributed by atoms with E-state index < -0.39 is 5.91 Å². The van der Waals surface area contributed by atoms with Gasteiger partial charge in [0.05, 0.1) is 29.1 Å². The van der Waals surface area contributed by atoms with E-state index in [1.807, 2.05) is 37.3 Å². The normalized spacial score (nSPS) is 10.8. The Morgan fingerprint density at radius 2 is 1.91 bits per heavy atom. The van der Waals surface area contributed by atoms with Gasteiger partial charge in [0.2, 0.25) is 0 Å². The molecule has 0 atom stereocenters. The van der Waals surface area contributed by atoms with Gasteiger partial charge >= 0.3 is 0 Å². The first kappa shape index (κ1) is 24.8. The molecule has 9 heteroatoms. The third kappa shape index (κ3) is 6.84. The molecule has 33 heavy (non-hydrogen) atoms. The van der Waals surface area contributed by atoms with Crippen molar-refractivity contribution in [1.29, 1.82) is 0 Å². The molecule has 1 amide bonds. The van der Waals surface area contributed by atoms with Gasteiger partial charge < -0.3 is 19.3 Å². The number of halogens is 2. The van der Waals surface area contributed by atoms with Crippen molar-refractivity contribution in [3.05, 3.63) is 79.3 Å². The van der Waals surface area contributed by atoms with E-state index in [0.717, 1.165) is 19.2 Å². The van der Waals surface area contributed by atoms with E-state index in [9.17, 15) is 9.90 Å². The monoisotopic (exact) mass is 624 g/mol.